The fourth-order valence-corrected chi connectivity index (χ4v) is 2.62. The third-order valence-electron chi connectivity index (χ3n) is 2.46. The van der Waals surface area contributed by atoms with Gasteiger partial charge in [0.1, 0.15) is 0 Å². The second kappa shape index (κ2) is 10.8. The van der Waals surface area contributed by atoms with Crippen molar-refractivity contribution < 1.29 is 4.79 Å². The van der Waals surface area contributed by atoms with Crippen molar-refractivity contribution in [2.24, 2.45) is 5.92 Å². The van der Waals surface area contributed by atoms with E-state index in [1.54, 1.807) is 0 Å². The van der Waals surface area contributed by atoms with Crippen molar-refractivity contribution in [2.45, 2.75) is 52.4 Å². The highest BCUT2D eigenvalue weighted by molar-refractivity contribution is 8.13. The number of hydrogen-bond donors (Lipinski definition) is 0. The molecule has 0 radical (unpaired) electrons. The van der Waals surface area contributed by atoms with Crippen molar-refractivity contribution in [1.82, 2.24) is 0 Å². The van der Waals surface area contributed by atoms with Crippen LogP contribution in [-0.2, 0) is 4.79 Å². The smallest absolute Gasteiger partial charge is 0.193 e. The number of halogens is 1. The van der Waals surface area contributed by atoms with Crippen LogP contribution >= 0.6 is 23.4 Å². The Morgan fingerprint density at radius 3 is 2.40 bits per heavy atom. The molecule has 0 aliphatic carbocycles. The molecule has 0 bridgehead atoms. The molecule has 0 N–H and O–H groups in total. The van der Waals surface area contributed by atoms with E-state index in [9.17, 15) is 4.79 Å². The fourth-order valence-electron chi connectivity index (χ4n) is 1.51. The van der Waals surface area contributed by atoms with Crippen molar-refractivity contribution in [3.8, 4) is 0 Å². The predicted molar refractivity (Wildman–Crippen MR) is 70.7 cm³/mol. The van der Waals surface area contributed by atoms with Crippen LogP contribution < -0.4 is 0 Å². The summed E-state index contributed by atoms with van der Waals surface area (Å²) in [5.74, 6) is 1.43. The van der Waals surface area contributed by atoms with Gasteiger partial charge in [-0.25, -0.2) is 0 Å². The Balaban J connectivity index is 3.56. The molecular weight excluding hydrogens is 228 g/mol. The molecule has 0 heterocycles. The van der Waals surface area contributed by atoms with E-state index in [1.807, 2.05) is 6.92 Å². The third-order valence-corrected chi connectivity index (χ3v) is 3.74. The maximum Gasteiger partial charge on any atom is 0.193 e. The van der Waals surface area contributed by atoms with Gasteiger partial charge in [-0.05, 0) is 12.2 Å². The first-order chi connectivity index (χ1) is 7.26. The van der Waals surface area contributed by atoms with Crippen LogP contribution in [0.5, 0.6) is 0 Å². The fraction of sp³-hybridized carbons (Fsp3) is 0.917. The summed E-state index contributed by atoms with van der Waals surface area (Å²) in [5, 5.41) is 0.281. The summed E-state index contributed by atoms with van der Waals surface area (Å²) >= 11 is 7.21. The first-order valence-corrected chi connectivity index (χ1v) is 7.50. The molecule has 15 heavy (non-hydrogen) atoms. The lowest BCUT2D eigenvalue weighted by molar-refractivity contribution is -0.114. The van der Waals surface area contributed by atoms with Crippen molar-refractivity contribution >= 4 is 28.5 Å². The molecule has 0 saturated carbocycles. The van der Waals surface area contributed by atoms with E-state index in [2.05, 4.69) is 6.92 Å². The van der Waals surface area contributed by atoms with Gasteiger partial charge in [-0.3, -0.25) is 4.79 Å². The Morgan fingerprint density at radius 1 is 1.20 bits per heavy atom. The van der Waals surface area contributed by atoms with Crippen LogP contribution in [0.25, 0.3) is 0 Å². The Hall–Kier alpha value is 0.310. The van der Waals surface area contributed by atoms with Crippen molar-refractivity contribution in [1.29, 1.82) is 0 Å². The summed E-state index contributed by atoms with van der Waals surface area (Å²) < 4.78 is 0. The summed E-state index contributed by atoms with van der Waals surface area (Å²) in [6.07, 6.45) is 7.23. The van der Waals surface area contributed by atoms with Gasteiger partial charge in [0.25, 0.3) is 0 Å². The van der Waals surface area contributed by atoms with E-state index in [0.29, 0.717) is 5.88 Å². The van der Waals surface area contributed by atoms with Gasteiger partial charge >= 0.3 is 0 Å². The lowest BCUT2D eigenvalue weighted by atomic mass is 10.0. The third kappa shape index (κ3) is 8.15. The van der Waals surface area contributed by atoms with Crippen LogP contribution in [0.15, 0.2) is 0 Å². The first-order valence-electron chi connectivity index (χ1n) is 5.98. The highest BCUT2D eigenvalue weighted by Gasteiger charge is 2.16. The van der Waals surface area contributed by atoms with Gasteiger partial charge in [-0.15, -0.1) is 11.6 Å². The van der Waals surface area contributed by atoms with E-state index in [1.165, 1.54) is 37.4 Å². The molecule has 0 aromatic heterocycles. The number of thioether (sulfide) groups is 1. The van der Waals surface area contributed by atoms with Gasteiger partial charge in [-0.1, -0.05) is 57.7 Å². The van der Waals surface area contributed by atoms with E-state index in [-0.39, 0.29) is 11.0 Å². The van der Waals surface area contributed by atoms with Gasteiger partial charge < -0.3 is 0 Å². The molecule has 0 aromatic rings. The summed E-state index contributed by atoms with van der Waals surface area (Å²) in [6.45, 7) is 4.22. The van der Waals surface area contributed by atoms with Crippen LogP contribution in [0.4, 0.5) is 0 Å². The molecule has 0 saturated heterocycles. The summed E-state index contributed by atoms with van der Waals surface area (Å²) in [4.78, 5) is 11.6. The second-order valence-electron chi connectivity index (χ2n) is 3.81. The van der Waals surface area contributed by atoms with Gasteiger partial charge in [0, 0.05) is 11.8 Å². The molecule has 0 aromatic carbocycles. The lowest BCUT2D eigenvalue weighted by Gasteiger charge is -2.11. The number of rotatable bonds is 9. The Labute approximate surface area is 103 Å². The molecule has 0 amide bonds. The molecule has 0 fully saturated rings. The van der Waals surface area contributed by atoms with Gasteiger partial charge in [-0.2, -0.15) is 0 Å². The quantitative estimate of drug-likeness (QED) is 0.443. The van der Waals surface area contributed by atoms with Crippen LogP contribution in [0.2, 0.25) is 0 Å². The minimum atomic E-state index is 0.0817. The highest BCUT2D eigenvalue weighted by atomic mass is 35.5. The summed E-state index contributed by atoms with van der Waals surface area (Å²) in [6, 6.07) is 0. The average molecular weight is 251 g/mol. The standard InChI is InChI=1S/C12H23ClOS/c1-3-5-6-7-8-9-11(10-13)12(14)15-4-2/h11H,3-10H2,1-2H3/t11-/m1/s1. The number of carbonyl (C=O) groups is 1. The first kappa shape index (κ1) is 15.3. The molecule has 0 rings (SSSR count). The van der Waals surface area contributed by atoms with Crippen LogP contribution in [-0.4, -0.2) is 16.7 Å². The van der Waals surface area contributed by atoms with E-state index >= 15 is 0 Å². The average Bonchev–Trinajstić information content (AvgIpc) is 2.23. The van der Waals surface area contributed by atoms with Crippen LogP contribution in [0.3, 0.4) is 0 Å². The highest BCUT2D eigenvalue weighted by Crippen LogP contribution is 2.19. The van der Waals surface area contributed by atoms with Crippen LogP contribution in [0.1, 0.15) is 52.4 Å². The van der Waals surface area contributed by atoms with Crippen molar-refractivity contribution in [3.05, 3.63) is 0 Å². The second-order valence-corrected chi connectivity index (χ2v) is 5.38. The molecule has 3 heteroatoms. The zero-order chi connectivity index (χ0) is 11.5. The SMILES string of the molecule is CCCCCCC[C@H](CCl)C(=O)SCC. The van der Waals surface area contributed by atoms with Gasteiger partial charge in [0.05, 0.1) is 0 Å². The maximum atomic E-state index is 11.6. The molecule has 1 nitrogen and oxygen atoms in total. The Kier molecular flexibility index (Phi) is 11.0. The minimum Gasteiger partial charge on any atom is -0.287 e. The monoisotopic (exact) mass is 250 g/mol. The molecule has 90 valence electrons. The normalized spacial score (nSPS) is 12.7. The van der Waals surface area contributed by atoms with E-state index in [4.69, 9.17) is 11.6 Å². The largest absolute Gasteiger partial charge is 0.287 e. The zero-order valence-corrected chi connectivity index (χ0v) is 11.5. The molecule has 0 spiro atoms. The summed E-state index contributed by atoms with van der Waals surface area (Å²) in [5.41, 5.74) is 0. The molecule has 0 aliphatic heterocycles. The molecular formula is C12H23ClOS. The minimum absolute atomic E-state index is 0.0817. The predicted octanol–water partition coefficient (Wildman–Crippen LogP) is 4.48. The number of unbranched alkanes of at least 4 members (excludes halogenated alkanes) is 4. The van der Waals surface area contributed by atoms with E-state index in [0.717, 1.165) is 18.6 Å². The molecule has 0 unspecified atom stereocenters. The van der Waals surface area contributed by atoms with Gasteiger partial charge in [0.2, 0.25) is 0 Å². The summed E-state index contributed by atoms with van der Waals surface area (Å²) in [7, 11) is 0. The Morgan fingerprint density at radius 2 is 1.87 bits per heavy atom. The number of hydrogen-bond acceptors (Lipinski definition) is 2. The number of alkyl halides is 1. The zero-order valence-electron chi connectivity index (χ0n) is 9.93. The Bertz CT molecular complexity index is 162. The molecule has 1 atom stereocenters. The lowest BCUT2D eigenvalue weighted by Crippen LogP contribution is -2.13. The topological polar surface area (TPSA) is 17.1 Å². The number of carbonyl (C=O) groups excluding carboxylic acids is 1. The van der Waals surface area contributed by atoms with Crippen LogP contribution in [0, 0.1) is 5.92 Å². The van der Waals surface area contributed by atoms with Crippen molar-refractivity contribution in [2.75, 3.05) is 11.6 Å². The van der Waals surface area contributed by atoms with E-state index < -0.39 is 0 Å². The molecule has 0 aliphatic rings. The van der Waals surface area contributed by atoms with Crippen molar-refractivity contribution in [3.63, 3.8) is 0 Å². The van der Waals surface area contributed by atoms with Gasteiger partial charge in [0.15, 0.2) is 5.12 Å². The maximum absolute atomic E-state index is 11.6.